The maximum Gasteiger partial charge on any atom is 0.160 e. The van der Waals surface area contributed by atoms with Crippen LogP contribution >= 0.6 is 0 Å². The minimum Gasteiger partial charge on any atom is -0.456 e. The van der Waals surface area contributed by atoms with Crippen molar-refractivity contribution in [2.24, 2.45) is 9.98 Å². The summed E-state index contributed by atoms with van der Waals surface area (Å²) in [5.41, 5.74) is 12.7. The highest BCUT2D eigenvalue weighted by Gasteiger charge is 2.26. The predicted molar refractivity (Wildman–Crippen MR) is 283 cm³/mol. The van der Waals surface area contributed by atoms with Crippen molar-refractivity contribution in [3.63, 3.8) is 0 Å². The minimum absolute atomic E-state index is 0.464. The quantitative estimate of drug-likeness (QED) is 0.181. The number of fused-ring (bicyclic) bond motifs is 9. The third kappa shape index (κ3) is 6.10. The Morgan fingerprint density at radius 1 is 0.397 bits per heavy atom. The van der Waals surface area contributed by atoms with Crippen LogP contribution in [0.1, 0.15) is 22.9 Å². The van der Waals surface area contributed by atoms with E-state index in [9.17, 15) is 0 Å². The Kier molecular flexibility index (Phi) is 8.58. The van der Waals surface area contributed by atoms with Crippen molar-refractivity contribution in [3.05, 3.63) is 247 Å². The molecule has 1 N–H and O–H groups in total. The molecule has 0 fully saturated rings. The van der Waals surface area contributed by atoms with Gasteiger partial charge in [-0.2, -0.15) is 0 Å². The standard InChI is InChI=1S/C63H40N4O/c1-2-15-41(16-3-1)48-26-14-29-56-60(48)54-35-42-19-4-5-20-43(42)38-57(54)67(56)55-33-31-45(37-52(55)44-32-34-59-53(36-44)49-25-10-11-30-58(49)68-59)61-64-62(50-27-12-21-39-17-6-8-23-46(39)50)66-63(65-61)51-28-13-22-40-18-7-9-24-47(40)51/h1-38,61H,(H,64,65,66). The lowest BCUT2D eigenvalue weighted by Gasteiger charge is -2.26. The first-order valence-electron chi connectivity index (χ1n) is 23.2. The van der Waals surface area contributed by atoms with Crippen molar-refractivity contribution < 1.29 is 4.42 Å². The molecule has 0 spiro atoms. The average molecular weight is 869 g/mol. The molecule has 1 aliphatic heterocycles. The van der Waals surface area contributed by atoms with Crippen LogP contribution in [0.3, 0.4) is 0 Å². The molecule has 0 bridgehead atoms. The fourth-order valence-electron chi connectivity index (χ4n) is 10.6. The second kappa shape index (κ2) is 15.3. The summed E-state index contributed by atoms with van der Waals surface area (Å²) >= 11 is 0. The lowest BCUT2D eigenvalue weighted by molar-refractivity contribution is 0.669. The number of amidine groups is 2. The molecule has 11 aromatic carbocycles. The summed E-state index contributed by atoms with van der Waals surface area (Å²) in [5.74, 6) is 1.47. The number of nitrogens with one attached hydrogen (secondary N) is 1. The van der Waals surface area contributed by atoms with Gasteiger partial charge >= 0.3 is 0 Å². The molecule has 2 aromatic heterocycles. The summed E-state index contributed by atoms with van der Waals surface area (Å²) in [6.07, 6.45) is -0.464. The van der Waals surface area contributed by atoms with Gasteiger partial charge in [0.1, 0.15) is 23.2 Å². The largest absolute Gasteiger partial charge is 0.456 e. The third-order valence-corrected chi connectivity index (χ3v) is 13.8. The monoisotopic (exact) mass is 868 g/mol. The molecule has 14 rings (SSSR count). The van der Waals surface area contributed by atoms with Crippen molar-refractivity contribution in [1.82, 2.24) is 9.88 Å². The van der Waals surface area contributed by atoms with Crippen molar-refractivity contribution in [2.75, 3.05) is 0 Å². The summed E-state index contributed by atoms with van der Waals surface area (Å²) in [7, 11) is 0. The minimum atomic E-state index is -0.464. The number of aromatic nitrogens is 1. The molecular formula is C63H40N4O. The number of hydrogen-bond donors (Lipinski definition) is 1. The summed E-state index contributed by atoms with van der Waals surface area (Å²) in [6, 6.07) is 82.5. The topological polar surface area (TPSA) is 54.8 Å². The number of aliphatic imine (C=N–C) groups is 2. The highest BCUT2D eigenvalue weighted by atomic mass is 16.3. The SMILES string of the molecule is c1ccc(-c2cccc3c2c2cc4ccccc4cc2n3-c2ccc(C3N=C(c4cccc5ccccc45)N=C(c4cccc5ccccc45)N3)cc2-c2ccc3oc4ccccc4c3c2)cc1. The van der Waals surface area contributed by atoms with Gasteiger partial charge < -0.3 is 14.3 Å². The van der Waals surface area contributed by atoms with Crippen LogP contribution in [0.5, 0.6) is 0 Å². The summed E-state index contributed by atoms with van der Waals surface area (Å²) in [5, 5.41) is 15.4. The molecule has 0 aliphatic carbocycles. The molecule has 68 heavy (non-hydrogen) atoms. The number of hydrogen-bond acceptors (Lipinski definition) is 4. The van der Waals surface area contributed by atoms with E-state index in [1.807, 2.05) is 12.1 Å². The van der Waals surface area contributed by atoms with Crippen molar-refractivity contribution in [2.45, 2.75) is 6.17 Å². The van der Waals surface area contributed by atoms with Crippen LogP contribution in [-0.4, -0.2) is 16.2 Å². The number of furan rings is 1. The lowest BCUT2D eigenvalue weighted by atomic mass is 9.97. The summed E-state index contributed by atoms with van der Waals surface area (Å²) in [4.78, 5) is 10.9. The lowest BCUT2D eigenvalue weighted by Crippen LogP contribution is -2.33. The molecule has 0 radical (unpaired) electrons. The molecule has 0 saturated carbocycles. The number of nitrogens with zero attached hydrogens (tertiary/aromatic N) is 3. The molecule has 3 heterocycles. The molecule has 5 nitrogen and oxygen atoms in total. The maximum absolute atomic E-state index is 6.40. The Bertz CT molecular complexity index is 4240. The van der Waals surface area contributed by atoms with E-state index in [-0.39, 0.29) is 0 Å². The zero-order chi connectivity index (χ0) is 44.7. The van der Waals surface area contributed by atoms with Gasteiger partial charge in [0.15, 0.2) is 5.84 Å². The van der Waals surface area contributed by atoms with E-state index in [2.05, 4.69) is 228 Å². The van der Waals surface area contributed by atoms with E-state index in [0.717, 1.165) is 93.9 Å². The molecule has 1 unspecified atom stereocenters. The highest BCUT2D eigenvalue weighted by molar-refractivity contribution is 6.21. The van der Waals surface area contributed by atoms with E-state index in [4.69, 9.17) is 14.4 Å². The smallest absolute Gasteiger partial charge is 0.160 e. The van der Waals surface area contributed by atoms with Crippen LogP contribution in [-0.2, 0) is 0 Å². The van der Waals surface area contributed by atoms with Crippen molar-refractivity contribution in [3.8, 4) is 27.9 Å². The van der Waals surface area contributed by atoms with E-state index in [1.165, 1.54) is 32.7 Å². The molecular weight excluding hydrogens is 829 g/mol. The van der Waals surface area contributed by atoms with Gasteiger partial charge in [-0.25, -0.2) is 9.98 Å². The first-order chi connectivity index (χ1) is 33.7. The molecule has 318 valence electrons. The highest BCUT2D eigenvalue weighted by Crippen LogP contribution is 2.44. The van der Waals surface area contributed by atoms with Gasteiger partial charge in [0.2, 0.25) is 0 Å². The first kappa shape index (κ1) is 38.2. The molecule has 1 aliphatic rings. The maximum atomic E-state index is 6.40. The van der Waals surface area contributed by atoms with Crippen LogP contribution in [0.15, 0.2) is 245 Å². The molecule has 5 heteroatoms. The second-order valence-corrected chi connectivity index (χ2v) is 17.7. The third-order valence-electron chi connectivity index (χ3n) is 13.8. The van der Waals surface area contributed by atoms with E-state index >= 15 is 0 Å². The van der Waals surface area contributed by atoms with Gasteiger partial charge in [0.05, 0.1) is 16.7 Å². The van der Waals surface area contributed by atoms with Crippen LogP contribution in [0.2, 0.25) is 0 Å². The average Bonchev–Trinajstić information content (AvgIpc) is 3.94. The summed E-state index contributed by atoms with van der Waals surface area (Å²) in [6.45, 7) is 0. The van der Waals surface area contributed by atoms with Crippen LogP contribution in [0.25, 0.3) is 104 Å². The zero-order valence-corrected chi connectivity index (χ0v) is 36.8. The summed E-state index contributed by atoms with van der Waals surface area (Å²) < 4.78 is 8.87. The Morgan fingerprint density at radius 3 is 1.84 bits per heavy atom. The number of benzene rings is 11. The Hall–Kier alpha value is -9.06. The van der Waals surface area contributed by atoms with Crippen LogP contribution < -0.4 is 5.32 Å². The number of rotatable bonds is 6. The van der Waals surface area contributed by atoms with Crippen molar-refractivity contribution in [1.29, 1.82) is 0 Å². The Balaban J connectivity index is 1.04. The van der Waals surface area contributed by atoms with Crippen LogP contribution in [0.4, 0.5) is 0 Å². The Morgan fingerprint density at radius 2 is 1.03 bits per heavy atom. The van der Waals surface area contributed by atoms with Gasteiger partial charge in [0, 0.05) is 38.2 Å². The Labute approximate surface area is 391 Å². The van der Waals surface area contributed by atoms with Gasteiger partial charge in [0.25, 0.3) is 0 Å². The predicted octanol–water partition coefficient (Wildman–Crippen LogP) is 16.0. The molecule has 13 aromatic rings. The van der Waals surface area contributed by atoms with E-state index < -0.39 is 6.17 Å². The molecule has 1 atom stereocenters. The van der Waals surface area contributed by atoms with Gasteiger partial charge in [-0.15, -0.1) is 0 Å². The molecule has 0 amide bonds. The fraction of sp³-hybridized carbons (Fsp3) is 0.0159. The van der Waals surface area contributed by atoms with Crippen LogP contribution in [0, 0.1) is 0 Å². The second-order valence-electron chi connectivity index (χ2n) is 17.7. The van der Waals surface area contributed by atoms with E-state index in [1.54, 1.807) is 0 Å². The van der Waals surface area contributed by atoms with Crippen molar-refractivity contribution >= 4 is 87.7 Å². The zero-order valence-electron chi connectivity index (χ0n) is 36.8. The number of para-hydroxylation sites is 1. The van der Waals surface area contributed by atoms with E-state index in [0.29, 0.717) is 5.84 Å². The molecule has 0 saturated heterocycles. The normalized spacial score (nSPS) is 14.0. The van der Waals surface area contributed by atoms with Gasteiger partial charge in [-0.05, 0) is 103 Å². The van der Waals surface area contributed by atoms with Gasteiger partial charge in [-0.3, -0.25) is 0 Å². The van der Waals surface area contributed by atoms with Gasteiger partial charge in [-0.1, -0.05) is 182 Å². The fourth-order valence-corrected chi connectivity index (χ4v) is 10.6. The first-order valence-corrected chi connectivity index (χ1v) is 23.2.